The summed E-state index contributed by atoms with van der Waals surface area (Å²) in [6.07, 6.45) is 6.48. The van der Waals surface area contributed by atoms with Gasteiger partial charge in [-0.05, 0) is 54.0 Å². The third-order valence-corrected chi connectivity index (χ3v) is 7.52. The Morgan fingerprint density at radius 1 is 1.09 bits per heavy atom. The van der Waals surface area contributed by atoms with Gasteiger partial charge in [0.25, 0.3) is 5.56 Å². The number of thiazole rings is 1. The molecule has 6 nitrogen and oxygen atoms in total. The van der Waals surface area contributed by atoms with E-state index in [-0.39, 0.29) is 12.2 Å². The van der Waals surface area contributed by atoms with Gasteiger partial charge >= 0.3 is 5.97 Å². The smallest absolute Gasteiger partial charge is 0.339 e. The Bertz CT molecular complexity index is 1630. The van der Waals surface area contributed by atoms with Crippen LogP contribution in [-0.4, -0.2) is 20.3 Å². The van der Waals surface area contributed by atoms with E-state index in [1.807, 2.05) is 30.3 Å². The predicted molar refractivity (Wildman–Crippen MR) is 135 cm³/mol. The van der Waals surface area contributed by atoms with Crippen molar-refractivity contribution in [2.24, 2.45) is 0 Å². The number of carbonyl (C=O) groups is 1. The van der Waals surface area contributed by atoms with E-state index in [1.54, 1.807) is 22.9 Å². The average molecular weight is 486 g/mol. The van der Waals surface area contributed by atoms with Crippen molar-refractivity contribution < 1.29 is 9.53 Å². The van der Waals surface area contributed by atoms with E-state index >= 15 is 0 Å². The first-order chi connectivity index (χ1) is 16.7. The number of rotatable bonds is 4. The molecule has 168 valence electrons. The Morgan fingerprint density at radius 3 is 2.88 bits per heavy atom. The van der Waals surface area contributed by atoms with E-state index in [0.29, 0.717) is 16.2 Å². The van der Waals surface area contributed by atoms with Crippen LogP contribution in [0.5, 0.6) is 0 Å². The van der Waals surface area contributed by atoms with E-state index in [0.717, 1.165) is 47.0 Å². The Hall–Kier alpha value is -3.62. The highest BCUT2D eigenvalue weighted by molar-refractivity contribution is 7.15. The van der Waals surface area contributed by atoms with Gasteiger partial charge in [-0.2, -0.15) is 0 Å². The maximum Gasteiger partial charge on any atom is 0.339 e. The minimum Gasteiger partial charge on any atom is -0.456 e. The highest BCUT2D eigenvalue weighted by Crippen LogP contribution is 2.37. The summed E-state index contributed by atoms with van der Waals surface area (Å²) in [6.45, 7) is -0.0637. The lowest BCUT2D eigenvalue weighted by atomic mass is 9.86. The number of carbonyl (C=O) groups excluding carboxylic acids is 1. The molecule has 0 amide bonds. The number of hydrogen-bond donors (Lipinski definition) is 0. The number of pyridine rings is 1. The third kappa shape index (κ3) is 3.74. The molecule has 6 rings (SSSR count). The molecule has 0 unspecified atom stereocenters. The van der Waals surface area contributed by atoms with Crippen molar-refractivity contribution in [2.75, 3.05) is 0 Å². The maximum absolute atomic E-state index is 13.5. The lowest BCUT2D eigenvalue weighted by Gasteiger charge is -2.22. The molecule has 0 bridgehead atoms. The van der Waals surface area contributed by atoms with Crippen LogP contribution in [-0.2, 0) is 17.8 Å². The third-order valence-electron chi connectivity index (χ3n) is 5.94. The molecule has 4 aromatic heterocycles. The van der Waals surface area contributed by atoms with Crippen LogP contribution in [0.4, 0.5) is 0 Å². The molecular weight excluding hydrogens is 466 g/mol. The van der Waals surface area contributed by atoms with Crippen LogP contribution in [0.1, 0.15) is 45.0 Å². The van der Waals surface area contributed by atoms with Gasteiger partial charge in [-0.3, -0.25) is 9.20 Å². The summed E-state index contributed by atoms with van der Waals surface area (Å²) in [6, 6.07) is 13.2. The first kappa shape index (κ1) is 20.9. The van der Waals surface area contributed by atoms with Crippen LogP contribution < -0.4 is 5.56 Å². The van der Waals surface area contributed by atoms with Crippen LogP contribution in [0, 0.1) is 0 Å². The maximum atomic E-state index is 13.5. The molecule has 5 aromatic rings. The summed E-state index contributed by atoms with van der Waals surface area (Å²) in [5.41, 5.74) is 4.52. The SMILES string of the molecule is O=C(OCc1cc(=O)n2ccsc2n1)c1c2c(nc3ccccc13)/C(=C/c1cccs1)CCC2. The van der Waals surface area contributed by atoms with E-state index < -0.39 is 5.97 Å². The minimum atomic E-state index is -0.416. The monoisotopic (exact) mass is 485 g/mol. The van der Waals surface area contributed by atoms with Crippen LogP contribution in [0.15, 0.2) is 64.2 Å². The number of fused-ring (bicyclic) bond motifs is 3. The number of aromatic nitrogens is 3. The van der Waals surface area contributed by atoms with Crippen LogP contribution in [0.2, 0.25) is 0 Å². The Kier molecular flexibility index (Phi) is 5.31. The Balaban J connectivity index is 1.40. The standard InChI is InChI=1S/C26H19N3O3S2/c30-22-14-17(27-26-29(22)10-12-34-26)15-32-25(31)23-19-7-1-2-9-21(19)28-24-16(5-3-8-20(23)24)13-18-6-4-11-33-18/h1-2,4,6-7,9-14H,3,5,8,15H2/b16-13+. The molecule has 1 aliphatic rings. The van der Waals surface area contributed by atoms with Gasteiger partial charge in [0, 0.05) is 27.9 Å². The normalized spacial score (nSPS) is 14.5. The van der Waals surface area contributed by atoms with E-state index in [4.69, 9.17) is 9.72 Å². The molecule has 0 atom stereocenters. The van der Waals surface area contributed by atoms with Gasteiger partial charge in [-0.15, -0.1) is 22.7 Å². The number of hydrogen-bond acceptors (Lipinski definition) is 7. The number of ether oxygens (including phenoxy) is 1. The molecule has 0 N–H and O–H groups in total. The average Bonchev–Trinajstić information content (AvgIpc) is 3.54. The van der Waals surface area contributed by atoms with Gasteiger partial charge in [0.1, 0.15) is 6.61 Å². The zero-order chi connectivity index (χ0) is 23.1. The molecule has 0 fully saturated rings. The van der Waals surface area contributed by atoms with Gasteiger partial charge in [-0.1, -0.05) is 24.3 Å². The first-order valence-electron chi connectivity index (χ1n) is 11.0. The van der Waals surface area contributed by atoms with Crippen molar-refractivity contribution in [3.63, 3.8) is 0 Å². The van der Waals surface area contributed by atoms with Crippen molar-refractivity contribution in [1.82, 2.24) is 14.4 Å². The molecule has 0 saturated carbocycles. The largest absolute Gasteiger partial charge is 0.456 e. The number of esters is 1. The second-order valence-electron chi connectivity index (χ2n) is 8.09. The molecule has 0 aliphatic heterocycles. The van der Waals surface area contributed by atoms with Gasteiger partial charge in [-0.25, -0.2) is 14.8 Å². The first-order valence-corrected chi connectivity index (χ1v) is 12.7. The van der Waals surface area contributed by atoms with Gasteiger partial charge < -0.3 is 4.74 Å². The summed E-state index contributed by atoms with van der Waals surface area (Å²) >= 11 is 3.05. The fraction of sp³-hybridized carbons (Fsp3) is 0.154. The van der Waals surface area contributed by atoms with Crippen molar-refractivity contribution in [2.45, 2.75) is 25.9 Å². The number of thiophene rings is 1. The van der Waals surface area contributed by atoms with Crippen LogP contribution >= 0.6 is 22.7 Å². The molecule has 0 saturated heterocycles. The molecule has 4 heterocycles. The topological polar surface area (TPSA) is 73.6 Å². The molecular formula is C26H19N3O3S2. The predicted octanol–water partition coefficient (Wildman–Crippen LogP) is 5.60. The Morgan fingerprint density at radius 2 is 2.00 bits per heavy atom. The zero-order valence-electron chi connectivity index (χ0n) is 18.1. The van der Waals surface area contributed by atoms with Crippen molar-refractivity contribution >= 4 is 56.2 Å². The summed E-state index contributed by atoms with van der Waals surface area (Å²) in [7, 11) is 0. The van der Waals surface area contributed by atoms with Crippen molar-refractivity contribution in [3.05, 3.63) is 97.2 Å². The Labute approximate surface area is 202 Å². The zero-order valence-corrected chi connectivity index (χ0v) is 19.7. The lowest BCUT2D eigenvalue weighted by molar-refractivity contribution is 0.0468. The number of para-hydroxylation sites is 1. The second-order valence-corrected chi connectivity index (χ2v) is 9.94. The molecule has 1 aliphatic carbocycles. The highest BCUT2D eigenvalue weighted by Gasteiger charge is 2.26. The molecule has 0 spiro atoms. The summed E-state index contributed by atoms with van der Waals surface area (Å²) < 4.78 is 7.20. The van der Waals surface area contributed by atoms with Crippen LogP contribution in [0.25, 0.3) is 27.5 Å². The van der Waals surface area contributed by atoms with E-state index in [9.17, 15) is 9.59 Å². The highest BCUT2D eigenvalue weighted by atomic mass is 32.1. The summed E-state index contributed by atoms with van der Waals surface area (Å²) in [5, 5.41) is 4.64. The van der Waals surface area contributed by atoms with Gasteiger partial charge in [0.2, 0.25) is 0 Å². The fourth-order valence-corrected chi connectivity index (χ4v) is 5.85. The van der Waals surface area contributed by atoms with Crippen molar-refractivity contribution in [3.8, 4) is 0 Å². The molecule has 0 radical (unpaired) electrons. The van der Waals surface area contributed by atoms with Gasteiger partial charge in [0.15, 0.2) is 4.96 Å². The minimum absolute atomic E-state index is 0.0637. The van der Waals surface area contributed by atoms with E-state index in [1.165, 1.54) is 26.7 Å². The van der Waals surface area contributed by atoms with E-state index in [2.05, 4.69) is 22.5 Å². The number of allylic oxidation sites excluding steroid dienone is 1. The quantitative estimate of drug-likeness (QED) is 0.310. The lowest BCUT2D eigenvalue weighted by Crippen LogP contribution is -2.17. The molecule has 1 aromatic carbocycles. The number of benzene rings is 1. The van der Waals surface area contributed by atoms with Crippen LogP contribution in [0.3, 0.4) is 0 Å². The van der Waals surface area contributed by atoms with Crippen molar-refractivity contribution in [1.29, 1.82) is 0 Å². The summed E-state index contributed by atoms with van der Waals surface area (Å²) in [5.74, 6) is -0.416. The molecule has 34 heavy (non-hydrogen) atoms. The summed E-state index contributed by atoms with van der Waals surface area (Å²) in [4.78, 5) is 36.9. The van der Waals surface area contributed by atoms with Gasteiger partial charge in [0.05, 0.1) is 22.5 Å². The second kappa shape index (κ2) is 8.62. The fourth-order valence-electron chi connectivity index (χ4n) is 4.43. The number of nitrogens with zero attached hydrogens (tertiary/aromatic N) is 3. The molecule has 8 heteroatoms.